The Labute approximate surface area is 48.0 Å². The average Bonchev–Trinajstić information content (AvgIpc) is 2.14. The normalized spacial score (nSPS) is 25.4. The van der Waals surface area contributed by atoms with Crippen LogP contribution in [0.4, 0.5) is 0 Å². The van der Waals surface area contributed by atoms with E-state index in [1.165, 1.54) is 24.3 Å². The molecule has 1 heteroatoms. The Balaban J connectivity index is 2.26. The highest BCUT2D eigenvalue weighted by Crippen LogP contribution is 2.34. The van der Waals surface area contributed by atoms with Crippen LogP contribution in [0.25, 0.3) is 0 Å². The average molecular weight is 116 g/mol. The van der Waals surface area contributed by atoms with Crippen LogP contribution in [0, 0.1) is 0 Å². The van der Waals surface area contributed by atoms with E-state index in [0.29, 0.717) is 10.9 Å². The standard InChI is InChI=1S/C6H12S/c1-2-7-5-3-4-6-7/h2,7H,1,3-6H2. The van der Waals surface area contributed by atoms with Gasteiger partial charge in [0.05, 0.1) is 0 Å². The lowest BCUT2D eigenvalue weighted by Crippen LogP contribution is -1.71. The van der Waals surface area contributed by atoms with E-state index in [1.807, 2.05) is 0 Å². The summed E-state index contributed by atoms with van der Waals surface area (Å²) in [6.07, 6.45) is 2.91. The fraction of sp³-hybridized carbons (Fsp3) is 0.667. The predicted molar refractivity (Wildman–Crippen MR) is 38.2 cm³/mol. The Bertz CT molecular complexity index is 62.6. The third-order valence-corrected chi connectivity index (χ3v) is 3.70. The van der Waals surface area contributed by atoms with E-state index < -0.39 is 0 Å². The first-order valence-electron chi connectivity index (χ1n) is 2.80. The number of thiol groups is 1. The van der Waals surface area contributed by atoms with E-state index in [9.17, 15) is 0 Å². The van der Waals surface area contributed by atoms with Gasteiger partial charge in [0.25, 0.3) is 0 Å². The summed E-state index contributed by atoms with van der Waals surface area (Å²) in [7, 11) is 0.321. The number of hydrogen-bond acceptors (Lipinski definition) is 0. The lowest BCUT2D eigenvalue weighted by atomic mass is 10.4. The van der Waals surface area contributed by atoms with Gasteiger partial charge in [0.1, 0.15) is 0 Å². The highest BCUT2D eigenvalue weighted by atomic mass is 32.2. The van der Waals surface area contributed by atoms with Crippen LogP contribution in [0.1, 0.15) is 12.8 Å². The summed E-state index contributed by atoms with van der Waals surface area (Å²) >= 11 is 0. The molecule has 0 radical (unpaired) electrons. The molecule has 0 spiro atoms. The molecule has 0 unspecified atom stereocenters. The van der Waals surface area contributed by atoms with Crippen LogP contribution in [0.2, 0.25) is 0 Å². The van der Waals surface area contributed by atoms with Crippen LogP contribution in [-0.2, 0) is 0 Å². The molecule has 0 nitrogen and oxygen atoms in total. The smallest absolute Gasteiger partial charge is 0.0219 e. The molecule has 1 aliphatic rings. The van der Waals surface area contributed by atoms with Crippen molar-refractivity contribution in [3.63, 3.8) is 0 Å². The molecular weight excluding hydrogens is 104 g/mol. The van der Waals surface area contributed by atoms with E-state index >= 15 is 0 Å². The summed E-state index contributed by atoms with van der Waals surface area (Å²) in [5, 5.41) is 2.16. The summed E-state index contributed by atoms with van der Waals surface area (Å²) in [4.78, 5) is 0. The zero-order chi connectivity index (χ0) is 5.11. The van der Waals surface area contributed by atoms with E-state index in [2.05, 4.69) is 12.0 Å². The minimum absolute atomic E-state index is 0.321. The zero-order valence-electron chi connectivity index (χ0n) is 4.56. The molecule has 1 rings (SSSR count). The molecule has 1 heterocycles. The molecule has 0 atom stereocenters. The van der Waals surface area contributed by atoms with Gasteiger partial charge in [-0.05, 0) is 24.3 Å². The van der Waals surface area contributed by atoms with Gasteiger partial charge in [-0.3, -0.25) is 0 Å². The molecule has 0 amide bonds. The molecule has 0 aliphatic carbocycles. The lowest BCUT2D eigenvalue weighted by Gasteiger charge is -2.02. The maximum Gasteiger partial charge on any atom is -0.0219 e. The van der Waals surface area contributed by atoms with Crippen molar-refractivity contribution in [2.45, 2.75) is 12.8 Å². The minimum Gasteiger partial charge on any atom is -0.234 e. The molecule has 42 valence electrons. The highest BCUT2D eigenvalue weighted by molar-refractivity contribution is 8.19. The van der Waals surface area contributed by atoms with Crippen LogP contribution in [-0.4, -0.2) is 11.5 Å². The maximum absolute atomic E-state index is 3.77. The van der Waals surface area contributed by atoms with Crippen molar-refractivity contribution in [1.29, 1.82) is 0 Å². The Kier molecular flexibility index (Phi) is 1.80. The van der Waals surface area contributed by atoms with E-state index in [4.69, 9.17) is 0 Å². The Morgan fingerprint density at radius 3 is 2.14 bits per heavy atom. The van der Waals surface area contributed by atoms with Gasteiger partial charge in [-0.1, -0.05) is 12.0 Å². The predicted octanol–water partition coefficient (Wildman–Crippen LogP) is 1.92. The van der Waals surface area contributed by atoms with Gasteiger partial charge in [-0.2, -0.15) is 0 Å². The monoisotopic (exact) mass is 116 g/mol. The fourth-order valence-corrected chi connectivity index (χ4v) is 2.77. The summed E-state index contributed by atoms with van der Waals surface area (Å²) in [6, 6.07) is 0. The SMILES string of the molecule is C=C[SH]1CCCC1. The summed E-state index contributed by atoms with van der Waals surface area (Å²) in [6.45, 7) is 3.77. The van der Waals surface area contributed by atoms with Crippen molar-refractivity contribution < 1.29 is 0 Å². The molecule has 0 aromatic rings. The summed E-state index contributed by atoms with van der Waals surface area (Å²) < 4.78 is 0. The molecule has 0 N–H and O–H groups in total. The second-order valence-electron chi connectivity index (χ2n) is 1.93. The van der Waals surface area contributed by atoms with Crippen molar-refractivity contribution in [1.82, 2.24) is 0 Å². The molecule has 1 fully saturated rings. The van der Waals surface area contributed by atoms with Crippen LogP contribution in [0.3, 0.4) is 0 Å². The molecule has 7 heavy (non-hydrogen) atoms. The molecule has 1 aliphatic heterocycles. The van der Waals surface area contributed by atoms with Gasteiger partial charge in [-0.15, -0.1) is 0 Å². The largest absolute Gasteiger partial charge is 0.234 e. The molecular formula is C6H12S. The Morgan fingerprint density at radius 2 is 1.86 bits per heavy atom. The van der Waals surface area contributed by atoms with Crippen LogP contribution in [0.5, 0.6) is 0 Å². The topological polar surface area (TPSA) is 0 Å². The zero-order valence-corrected chi connectivity index (χ0v) is 5.45. The van der Waals surface area contributed by atoms with E-state index in [0.717, 1.165) is 0 Å². The van der Waals surface area contributed by atoms with Gasteiger partial charge in [-0.25, -0.2) is 10.9 Å². The Morgan fingerprint density at radius 1 is 1.29 bits per heavy atom. The van der Waals surface area contributed by atoms with Crippen molar-refractivity contribution >= 4 is 10.9 Å². The lowest BCUT2D eigenvalue weighted by molar-refractivity contribution is 0.949. The number of rotatable bonds is 1. The second-order valence-corrected chi connectivity index (χ2v) is 4.36. The highest BCUT2D eigenvalue weighted by Gasteiger charge is 2.05. The first-order chi connectivity index (χ1) is 3.43. The van der Waals surface area contributed by atoms with Gasteiger partial charge < -0.3 is 0 Å². The first kappa shape index (κ1) is 5.23. The van der Waals surface area contributed by atoms with Gasteiger partial charge in [0.2, 0.25) is 0 Å². The van der Waals surface area contributed by atoms with Crippen LogP contribution >= 0.6 is 10.9 Å². The quantitative estimate of drug-likeness (QED) is 0.497. The van der Waals surface area contributed by atoms with Crippen molar-refractivity contribution in [3.05, 3.63) is 12.0 Å². The molecule has 0 aromatic carbocycles. The van der Waals surface area contributed by atoms with Crippen molar-refractivity contribution in [2.24, 2.45) is 0 Å². The molecule has 0 saturated carbocycles. The van der Waals surface area contributed by atoms with Gasteiger partial charge in [0, 0.05) is 0 Å². The summed E-state index contributed by atoms with van der Waals surface area (Å²) in [5.41, 5.74) is 0. The van der Waals surface area contributed by atoms with E-state index in [-0.39, 0.29) is 0 Å². The van der Waals surface area contributed by atoms with Crippen molar-refractivity contribution in [2.75, 3.05) is 11.5 Å². The minimum atomic E-state index is 0.321. The van der Waals surface area contributed by atoms with Gasteiger partial charge >= 0.3 is 0 Å². The third-order valence-electron chi connectivity index (χ3n) is 1.40. The van der Waals surface area contributed by atoms with Crippen molar-refractivity contribution in [3.8, 4) is 0 Å². The fourth-order valence-electron chi connectivity index (χ4n) is 0.924. The third kappa shape index (κ3) is 1.23. The van der Waals surface area contributed by atoms with Gasteiger partial charge in [0.15, 0.2) is 0 Å². The number of hydrogen-bond donors (Lipinski definition) is 1. The maximum atomic E-state index is 3.77. The molecule has 0 aromatic heterocycles. The Hall–Kier alpha value is 0.0900. The van der Waals surface area contributed by atoms with Crippen LogP contribution < -0.4 is 0 Å². The summed E-state index contributed by atoms with van der Waals surface area (Å²) in [5.74, 6) is 2.91. The molecule has 1 saturated heterocycles. The van der Waals surface area contributed by atoms with Crippen LogP contribution in [0.15, 0.2) is 12.0 Å². The second kappa shape index (κ2) is 2.41. The first-order valence-corrected chi connectivity index (χ1v) is 4.58. The molecule has 0 bridgehead atoms. The van der Waals surface area contributed by atoms with E-state index in [1.54, 1.807) is 0 Å².